The van der Waals surface area contributed by atoms with Gasteiger partial charge in [0.2, 0.25) is 0 Å². The third-order valence-corrected chi connectivity index (χ3v) is 4.66. The van der Waals surface area contributed by atoms with Crippen molar-refractivity contribution >= 4 is 5.69 Å². The largest absolute Gasteiger partial charge is 0.399 e. The van der Waals surface area contributed by atoms with Crippen LogP contribution in [0.2, 0.25) is 0 Å². The number of nitrogens with two attached hydrogens (primary N) is 1. The maximum Gasteiger partial charge on any atom is 0.0820 e. The molecule has 0 aliphatic carbocycles. The van der Waals surface area contributed by atoms with Gasteiger partial charge in [-0.25, -0.2) is 0 Å². The van der Waals surface area contributed by atoms with Crippen LogP contribution in [-0.4, -0.2) is 30.5 Å². The first-order valence-electron chi connectivity index (χ1n) is 7.44. The van der Waals surface area contributed by atoms with Gasteiger partial charge in [0.05, 0.1) is 11.7 Å². The second-order valence-corrected chi connectivity index (χ2v) is 6.01. The molecule has 0 radical (unpaired) electrons. The minimum absolute atomic E-state index is 0.0735. The number of aliphatic hydroxyl groups is 1. The normalized spacial score (nSPS) is 27.4. The minimum Gasteiger partial charge on any atom is -0.399 e. The zero-order chi connectivity index (χ0) is 14.0. The third kappa shape index (κ3) is 2.82. The lowest BCUT2D eigenvalue weighted by atomic mass is 9.77. The predicted molar refractivity (Wildman–Crippen MR) is 77.3 cm³/mol. The SMILES string of the molecule is Nc1ccc(C(O)C2CCOC3(CCOCC3)C2)cc1. The van der Waals surface area contributed by atoms with Gasteiger partial charge in [-0.15, -0.1) is 0 Å². The van der Waals surface area contributed by atoms with Crippen molar-refractivity contribution in [1.29, 1.82) is 0 Å². The summed E-state index contributed by atoms with van der Waals surface area (Å²) in [5.41, 5.74) is 7.31. The van der Waals surface area contributed by atoms with Crippen LogP contribution in [0.3, 0.4) is 0 Å². The lowest BCUT2D eigenvalue weighted by molar-refractivity contribution is -0.159. The van der Waals surface area contributed by atoms with Crippen molar-refractivity contribution < 1.29 is 14.6 Å². The number of hydrogen-bond acceptors (Lipinski definition) is 4. The van der Waals surface area contributed by atoms with Crippen LogP contribution in [-0.2, 0) is 9.47 Å². The molecule has 2 fully saturated rings. The molecule has 2 aliphatic rings. The average Bonchev–Trinajstić information content (AvgIpc) is 2.48. The Morgan fingerprint density at radius 2 is 1.85 bits per heavy atom. The van der Waals surface area contributed by atoms with E-state index in [1.165, 1.54) is 0 Å². The monoisotopic (exact) mass is 277 g/mol. The molecule has 0 amide bonds. The van der Waals surface area contributed by atoms with Gasteiger partial charge in [-0.05, 0) is 49.3 Å². The van der Waals surface area contributed by atoms with E-state index >= 15 is 0 Å². The third-order valence-electron chi connectivity index (χ3n) is 4.66. The number of nitrogen functional groups attached to an aromatic ring is 1. The highest BCUT2D eigenvalue weighted by Gasteiger charge is 2.41. The van der Waals surface area contributed by atoms with E-state index in [1.807, 2.05) is 24.3 Å². The van der Waals surface area contributed by atoms with Crippen molar-refractivity contribution in [1.82, 2.24) is 0 Å². The Balaban J connectivity index is 1.71. The van der Waals surface area contributed by atoms with Gasteiger partial charge < -0.3 is 20.3 Å². The summed E-state index contributed by atoms with van der Waals surface area (Å²) in [5, 5.41) is 10.6. The molecule has 4 nitrogen and oxygen atoms in total. The van der Waals surface area contributed by atoms with Crippen molar-refractivity contribution in [2.45, 2.75) is 37.4 Å². The van der Waals surface area contributed by atoms with Gasteiger partial charge in [0.1, 0.15) is 0 Å². The highest BCUT2D eigenvalue weighted by atomic mass is 16.5. The molecule has 4 heteroatoms. The van der Waals surface area contributed by atoms with Crippen LogP contribution in [0.5, 0.6) is 0 Å². The second kappa shape index (κ2) is 5.72. The zero-order valence-electron chi connectivity index (χ0n) is 11.8. The summed E-state index contributed by atoms with van der Waals surface area (Å²) < 4.78 is 11.5. The van der Waals surface area contributed by atoms with Crippen molar-refractivity contribution in [2.24, 2.45) is 5.92 Å². The molecule has 2 atom stereocenters. The lowest BCUT2D eigenvalue weighted by Crippen LogP contribution is -2.45. The van der Waals surface area contributed by atoms with E-state index in [1.54, 1.807) is 0 Å². The first-order valence-corrected chi connectivity index (χ1v) is 7.44. The summed E-state index contributed by atoms with van der Waals surface area (Å²) >= 11 is 0. The molecule has 20 heavy (non-hydrogen) atoms. The Bertz CT molecular complexity index is 434. The molecule has 3 rings (SSSR count). The van der Waals surface area contributed by atoms with Crippen LogP contribution < -0.4 is 5.73 Å². The standard InChI is InChI=1S/C16H23NO3/c17-14-3-1-12(2-4-14)15(18)13-5-8-20-16(11-13)6-9-19-10-7-16/h1-4,13,15,18H,5-11,17H2. The molecule has 2 aliphatic heterocycles. The summed E-state index contributed by atoms with van der Waals surface area (Å²) in [6.07, 6.45) is 3.28. The molecule has 2 saturated heterocycles. The molecule has 0 aromatic heterocycles. The quantitative estimate of drug-likeness (QED) is 0.814. The van der Waals surface area contributed by atoms with Crippen LogP contribution in [0.4, 0.5) is 5.69 Å². The van der Waals surface area contributed by atoms with Crippen LogP contribution in [0.25, 0.3) is 0 Å². The van der Waals surface area contributed by atoms with Gasteiger partial charge in [0.15, 0.2) is 0 Å². The number of aliphatic hydroxyl groups excluding tert-OH is 1. The highest BCUT2D eigenvalue weighted by molar-refractivity contribution is 5.40. The number of benzene rings is 1. The van der Waals surface area contributed by atoms with E-state index in [9.17, 15) is 5.11 Å². The van der Waals surface area contributed by atoms with Crippen LogP contribution in [0.1, 0.15) is 37.4 Å². The van der Waals surface area contributed by atoms with Gasteiger partial charge in [-0.2, -0.15) is 0 Å². The number of ether oxygens (including phenoxy) is 2. The fourth-order valence-electron chi connectivity index (χ4n) is 3.39. The van der Waals surface area contributed by atoms with Gasteiger partial charge >= 0.3 is 0 Å². The van der Waals surface area contributed by atoms with Gasteiger partial charge in [0.25, 0.3) is 0 Å². The van der Waals surface area contributed by atoms with Gasteiger partial charge in [-0.1, -0.05) is 12.1 Å². The van der Waals surface area contributed by atoms with Gasteiger partial charge in [0, 0.05) is 25.5 Å². The Labute approximate surface area is 119 Å². The first kappa shape index (κ1) is 13.9. The summed E-state index contributed by atoms with van der Waals surface area (Å²) in [5.74, 6) is 0.255. The molecule has 2 unspecified atom stereocenters. The van der Waals surface area contributed by atoms with Crippen LogP contribution in [0.15, 0.2) is 24.3 Å². The summed E-state index contributed by atoms with van der Waals surface area (Å²) in [4.78, 5) is 0. The van der Waals surface area contributed by atoms with E-state index in [2.05, 4.69) is 0 Å². The number of rotatable bonds is 2. The fourth-order valence-corrected chi connectivity index (χ4v) is 3.39. The van der Waals surface area contributed by atoms with Crippen molar-refractivity contribution in [3.8, 4) is 0 Å². The molecule has 1 aromatic carbocycles. The molecule has 0 bridgehead atoms. The van der Waals surface area contributed by atoms with E-state index in [4.69, 9.17) is 15.2 Å². The zero-order valence-corrected chi connectivity index (χ0v) is 11.8. The summed E-state index contributed by atoms with van der Waals surface area (Å²) in [7, 11) is 0. The topological polar surface area (TPSA) is 64.7 Å². The average molecular weight is 277 g/mol. The fraction of sp³-hybridized carbons (Fsp3) is 0.625. The number of anilines is 1. The van der Waals surface area contributed by atoms with E-state index in [-0.39, 0.29) is 11.5 Å². The van der Waals surface area contributed by atoms with E-state index < -0.39 is 6.10 Å². The Morgan fingerprint density at radius 1 is 1.15 bits per heavy atom. The summed E-state index contributed by atoms with van der Waals surface area (Å²) in [6.45, 7) is 2.27. The Hall–Kier alpha value is -1.10. The lowest BCUT2D eigenvalue weighted by Gasteiger charge is -2.44. The molecule has 0 saturated carbocycles. The van der Waals surface area contributed by atoms with Crippen LogP contribution in [0, 0.1) is 5.92 Å². The van der Waals surface area contributed by atoms with Crippen molar-refractivity contribution in [3.63, 3.8) is 0 Å². The van der Waals surface area contributed by atoms with Crippen molar-refractivity contribution in [2.75, 3.05) is 25.6 Å². The number of hydrogen-bond donors (Lipinski definition) is 2. The van der Waals surface area contributed by atoms with E-state index in [0.717, 1.165) is 56.8 Å². The molecular weight excluding hydrogens is 254 g/mol. The molecule has 1 aromatic rings. The minimum atomic E-state index is -0.431. The molecular formula is C16H23NO3. The molecule has 2 heterocycles. The highest BCUT2D eigenvalue weighted by Crippen LogP contribution is 2.41. The maximum atomic E-state index is 10.6. The summed E-state index contributed by atoms with van der Waals surface area (Å²) in [6, 6.07) is 7.54. The van der Waals surface area contributed by atoms with E-state index in [0.29, 0.717) is 0 Å². The maximum absolute atomic E-state index is 10.6. The Kier molecular flexibility index (Phi) is 3.96. The molecule has 1 spiro atoms. The smallest absolute Gasteiger partial charge is 0.0820 e. The molecule has 3 N–H and O–H groups in total. The van der Waals surface area contributed by atoms with Crippen LogP contribution >= 0.6 is 0 Å². The molecule has 110 valence electrons. The Morgan fingerprint density at radius 3 is 2.55 bits per heavy atom. The van der Waals surface area contributed by atoms with Gasteiger partial charge in [-0.3, -0.25) is 0 Å². The van der Waals surface area contributed by atoms with Crippen molar-refractivity contribution in [3.05, 3.63) is 29.8 Å². The second-order valence-electron chi connectivity index (χ2n) is 6.01. The predicted octanol–water partition coefficient (Wildman–Crippen LogP) is 2.28. The first-order chi connectivity index (χ1) is 9.69.